The Morgan fingerprint density at radius 2 is 2.11 bits per heavy atom. The van der Waals surface area contributed by atoms with Gasteiger partial charge < -0.3 is 20.4 Å². The molecule has 0 saturated heterocycles. The topological polar surface area (TPSA) is 96.8 Å². The smallest absolute Gasteiger partial charge is 0.250 e. The van der Waals surface area contributed by atoms with E-state index >= 15 is 0 Å². The molecular formula is C20H17FN4O2. The third kappa shape index (κ3) is 2.83. The summed E-state index contributed by atoms with van der Waals surface area (Å²) in [4.78, 5) is 22.5. The molecule has 0 spiro atoms. The van der Waals surface area contributed by atoms with Gasteiger partial charge in [0.05, 0.1) is 17.9 Å². The number of nitrogens with zero attached hydrogens (tertiary/aromatic N) is 1. The molecule has 0 aliphatic heterocycles. The number of pyridine rings is 1. The summed E-state index contributed by atoms with van der Waals surface area (Å²) in [6.45, 7) is 2.11. The van der Waals surface area contributed by atoms with E-state index in [4.69, 9.17) is 10.5 Å². The highest BCUT2D eigenvalue weighted by molar-refractivity contribution is 6.02. The minimum absolute atomic E-state index is 0.124. The number of nitrogens with two attached hydrogens (primary N) is 1. The van der Waals surface area contributed by atoms with Crippen LogP contribution in [0.25, 0.3) is 33.5 Å². The Morgan fingerprint density at radius 1 is 1.26 bits per heavy atom. The van der Waals surface area contributed by atoms with Crippen LogP contribution in [0.5, 0.6) is 5.75 Å². The number of fused-ring (bicyclic) bond motifs is 1. The van der Waals surface area contributed by atoms with Gasteiger partial charge >= 0.3 is 0 Å². The van der Waals surface area contributed by atoms with Gasteiger partial charge in [-0.3, -0.25) is 4.79 Å². The normalized spacial score (nSPS) is 11.0. The van der Waals surface area contributed by atoms with E-state index in [0.29, 0.717) is 23.6 Å². The number of amides is 1. The molecule has 0 aliphatic rings. The molecule has 27 heavy (non-hydrogen) atoms. The fourth-order valence-electron chi connectivity index (χ4n) is 3.17. The van der Waals surface area contributed by atoms with Crippen molar-refractivity contribution in [1.29, 1.82) is 0 Å². The summed E-state index contributed by atoms with van der Waals surface area (Å²) in [5.41, 5.74) is 8.49. The Bertz CT molecular complexity index is 1150. The fourth-order valence-corrected chi connectivity index (χ4v) is 3.17. The number of carbonyl (C=O) groups is 1. The first-order valence-corrected chi connectivity index (χ1v) is 8.47. The monoisotopic (exact) mass is 364 g/mol. The van der Waals surface area contributed by atoms with Crippen molar-refractivity contribution in [2.45, 2.75) is 6.92 Å². The van der Waals surface area contributed by atoms with Crippen molar-refractivity contribution in [1.82, 2.24) is 15.0 Å². The van der Waals surface area contributed by atoms with Crippen LogP contribution >= 0.6 is 0 Å². The largest absolute Gasteiger partial charge is 0.491 e. The summed E-state index contributed by atoms with van der Waals surface area (Å²) in [7, 11) is 0. The quantitative estimate of drug-likeness (QED) is 0.502. The van der Waals surface area contributed by atoms with Gasteiger partial charge in [-0.05, 0) is 37.3 Å². The number of aromatic amines is 2. The van der Waals surface area contributed by atoms with Crippen molar-refractivity contribution in [3.8, 4) is 28.3 Å². The standard InChI is InChI=1S/C20H17FN4O2/c1-2-27-16-5-3-4-13(17(16)21)18-14(19(22)26)10-15(25-18)11-6-8-23-20-12(11)7-9-24-20/h3-10,25H,2H2,1H3,(H2,22,26)(H,23,24). The molecule has 0 saturated carbocycles. The SMILES string of the molecule is CCOc1cccc(-c2[nH]c(-c3ccnc4[nH]ccc34)cc2C(N)=O)c1F. The fraction of sp³-hybridized carbons (Fsp3) is 0.100. The third-order valence-corrected chi connectivity index (χ3v) is 4.37. The molecule has 0 aliphatic carbocycles. The molecule has 4 aromatic rings. The number of hydrogen-bond acceptors (Lipinski definition) is 3. The van der Waals surface area contributed by atoms with Crippen molar-refractivity contribution in [3.63, 3.8) is 0 Å². The number of carbonyl (C=O) groups excluding carboxylic acids is 1. The second-order valence-electron chi connectivity index (χ2n) is 5.99. The predicted molar refractivity (Wildman–Crippen MR) is 101 cm³/mol. The number of ether oxygens (including phenoxy) is 1. The molecule has 4 N–H and O–H groups in total. The van der Waals surface area contributed by atoms with Crippen molar-refractivity contribution in [2.75, 3.05) is 6.61 Å². The van der Waals surface area contributed by atoms with Crippen molar-refractivity contribution < 1.29 is 13.9 Å². The van der Waals surface area contributed by atoms with Crippen molar-refractivity contribution >= 4 is 16.9 Å². The molecule has 4 rings (SSSR count). The average molecular weight is 364 g/mol. The van der Waals surface area contributed by atoms with E-state index in [2.05, 4.69) is 15.0 Å². The van der Waals surface area contributed by atoms with E-state index in [1.807, 2.05) is 12.1 Å². The van der Waals surface area contributed by atoms with Crippen LogP contribution in [0.15, 0.2) is 48.8 Å². The lowest BCUT2D eigenvalue weighted by Crippen LogP contribution is -2.11. The highest BCUT2D eigenvalue weighted by atomic mass is 19.1. The number of H-pyrrole nitrogens is 2. The van der Waals surface area contributed by atoms with Gasteiger partial charge in [0.15, 0.2) is 11.6 Å². The van der Waals surface area contributed by atoms with Crippen LogP contribution in [-0.4, -0.2) is 27.5 Å². The molecule has 0 fully saturated rings. The lowest BCUT2D eigenvalue weighted by Gasteiger charge is -2.09. The first-order chi connectivity index (χ1) is 13.1. The second-order valence-corrected chi connectivity index (χ2v) is 5.99. The molecule has 0 atom stereocenters. The third-order valence-electron chi connectivity index (χ3n) is 4.37. The maximum atomic E-state index is 14.9. The minimum atomic E-state index is -0.645. The number of nitrogens with one attached hydrogen (secondary N) is 2. The number of rotatable bonds is 5. The van der Waals surface area contributed by atoms with Gasteiger partial charge in [-0.15, -0.1) is 0 Å². The Labute approximate surface area is 154 Å². The molecule has 0 bridgehead atoms. The molecule has 0 unspecified atom stereocenters. The van der Waals surface area contributed by atoms with Gasteiger partial charge in [0.2, 0.25) is 0 Å². The molecule has 7 heteroatoms. The summed E-state index contributed by atoms with van der Waals surface area (Å²) in [6, 6.07) is 10.1. The lowest BCUT2D eigenvalue weighted by molar-refractivity contribution is 0.100. The van der Waals surface area contributed by atoms with E-state index < -0.39 is 11.7 Å². The molecule has 136 valence electrons. The van der Waals surface area contributed by atoms with Crippen LogP contribution in [0.2, 0.25) is 0 Å². The highest BCUT2D eigenvalue weighted by Crippen LogP contribution is 2.35. The summed E-state index contributed by atoms with van der Waals surface area (Å²) < 4.78 is 20.2. The Hall–Kier alpha value is -3.61. The van der Waals surface area contributed by atoms with E-state index in [0.717, 1.165) is 10.9 Å². The minimum Gasteiger partial charge on any atom is -0.491 e. The molecule has 1 amide bonds. The van der Waals surface area contributed by atoms with Crippen molar-refractivity contribution in [2.24, 2.45) is 5.73 Å². The number of benzene rings is 1. The summed E-state index contributed by atoms with van der Waals surface area (Å²) in [5.74, 6) is -1.07. The first-order valence-electron chi connectivity index (χ1n) is 8.47. The van der Waals surface area contributed by atoms with Gasteiger partial charge in [0.25, 0.3) is 5.91 Å². The maximum Gasteiger partial charge on any atom is 0.250 e. The average Bonchev–Trinajstić information content (AvgIpc) is 3.30. The molecule has 0 radical (unpaired) electrons. The van der Waals surface area contributed by atoms with Gasteiger partial charge in [-0.1, -0.05) is 6.07 Å². The van der Waals surface area contributed by atoms with Crippen LogP contribution in [0, 0.1) is 5.82 Å². The van der Waals surface area contributed by atoms with E-state index in [9.17, 15) is 9.18 Å². The zero-order chi connectivity index (χ0) is 19.0. The summed E-state index contributed by atoms with van der Waals surface area (Å²) >= 11 is 0. The number of hydrogen-bond donors (Lipinski definition) is 3. The Kier molecular flexibility index (Phi) is 4.12. The Morgan fingerprint density at radius 3 is 2.89 bits per heavy atom. The van der Waals surface area contributed by atoms with Gasteiger partial charge in [0, 0.05) is 34.6 Å². The summed E-state index contributed by atoms with van der Waals surface area (Å²) in [5, 5.41) is 0.879. The van der Waals surface area contributed by atoms with Gasteiger partial charge in [-0.25, -0.2) is 9.37 Å². The molecular weight excluding hydrogens is 347 g/mol. The number of halogens is 1. The van der Waals surface area contributed by atoms with Crippen LogP contribution in [0.4, 0.5) is 4.39 Å². The van der Waals surface area contributed by atoms with Gasteiger partial charge in [-0.2, -0.15) is 0 Å². The lowest BCUT2D eigenvalue weighted by atomic mass is 10.1. The van der Waals surface area contributed by atoms with Crippen LogP contribution in [-0.2, 0) is 0 Å². The van der Waals surface area contributed by atoms with Crippen molar-refractivity contribution in [3.05, 3.63) is 60.2 Å². The maximum absolute atomic E-state index is 14.9. The number of aromatic nitrogens is 3. The van der Waals surface area contributed by atoms with E-state index in [1.54, 1.807) is 43.6 Å². The number of primary amides is 1. The summed E-state index contributed by atoms with van der Waals surface area (Å²) in [6.07, 6.45) is 3.44. The molecule has 3 heterocycles. The van der Waals surface area contributed by atoms with Crippen LogP contribution < -0.4 is 10.5 Å². The molecule has 6 nitrogen and oxygen atoms in total. The molecule has 3 aromatic heterocycles. The Balaban J connectivity index is 1.92. The van der Waals surface area contributed by atoms with Crippen LogP contribution in [0.1, 0.15) is 17.3 Å². The van der Waals surface area contributed by atoms with E-state index in [1.165, 1.54) is 0 Å². The predicted octanol–water partition coefficient (Wildman–Crippen LogP) is 3.86. The highest BCUT2D eigenvalue weighted by Gasteiger charge is 2.21. The zero-order valence-corrected chi connectivity index (χ0v) is 14.5. The van der Waals surface area contributed by atoms with Gasteiger partial charge in [0.1, 0.15) is 5.65 Å². The van der Waals surface area contributed by atoms with Crippen LogP contribution in [0.3, 0.4) is 0 Å². The first kappa shape index (κ1) is 16.8. The second kappa shape index (κ2) is 6.60. The zero-order valence-electron chi connectivity index (χ0n) is 14.5. The van der Waals surface area contributed by atoms with E-state index in [-0.39, 0.29) is 16.9 Å². The molecule has 1 aromatic carbocycles.